The molecule has 2 bridgehead atoms. The van der Waals surface area contributed by atoms with Crippen molar-refractivity contribution in [2.24, 2.45) is 17.8 Å². The molecule has 4 rings (SSSR count). The van der Waals surface area contributed by atoms with Gasteiger partial charge in [-0.3, -0.25) is 4.79 Å². The molecule has 0 unspecified atom stereocenters. The van der Waals surface area contributed by atoms with Crippen molar-refractivity contribution in [3.63, 3.8) is 0 Å². The molecule has 0 saturated heterocycles. The fraction of sp³-hybridized carbons (Fsp3) is 0.444. The normalized spacial score (nSPS) is 25.7. The number of rotatable bonds is 4. The second-order valence-electron chi connectivity index (χ2n) is 6.73. The molecule has 0 radical (unpaired) electrons. The zero-order chi connectivity index (χ0) is 15.8. The molecule has 2 aliphatic rings. The number of halogens is 1. The minimum Gasteiger partial charge on any atom is -0.302 e. The highest BCUT2D eigenvalue weighted by Gasteiger charge is 2.40. The molecule has 120 valence electrons. The summed E-state index contributed by atoms with van der Waals surface area (Å²) >= 11 is 1.41. The lowest BCUT2D eigenvalue weighted by atomic mass is 9.86. The van der Waals surface area contributed by atoms with Gasteiger partial charge in [0.25, 0.3) is 0 Å². The molecule has 1 heterocycles. The number of amides is 1. The Kier molecular flexibility index (Phi) is 3.89. The van der Waals surface area contributed by atoms with Crippen LogP contribution in [0.3, 0.4) is 0 Å². The number of carbonyl (C=O) groups is 1. The van der Waals surface area contributed by atoms with E-state index in [9.17, 15) is 9.18 Å². The predicted octanol–water partition coefficient (Wildman–Crippen LogP) is 4.71. The molecule has 23 heavy (non-hydrogen) atoms. The highest BCUT2D eigenvalue weighted by molar-refractivity contribution is 7.14. The summed E-state index contributed by atoms with van der Waals surface area (Å²) in [5.74, 6) is 2.00. The first-order valence-corrected chi connectivity index (χ1v) is 9.06. The van der Waals surface area contributed by atoms with Crippen LogP contribution >= 0.6 is 11.3 Å². The van der Waals surface area contributed by atoms with Crippen LogP contribution in [0.1, 0.15) is 32.1 Å². The third kappa shape index (κ3) is 3.15. The van der Waals surface area contributed by atoms with E-state index in [1.165, 1.54) is 49.2 Å². The van der Waals surface area contributed by atoms with E-state index in [1.807, 2.05) is 5.38 Å². The average molecular weight is 330 g/mol. The van der Waals surface area contributed by atoms with Gasteiger partial charge in [-0.25, -0.2) is 9.37 Å². The van der Waals surface area contributed by atoms with Crippen LogP contribution in [-0.2, 0) is 4.79 Å². The molecule has 1 aromatic carbocycles. The van der Waals surface area contributed by atoms with Gasteiger partial charge in [0.15, 0.2) is 5.13 Å². The quantitative estimate of drug-likeness (QED) is 0.882. The smallest absolute Gasteiger partial charge is 0.226 e. The van der Waals surface area contributed by atoms with Crippen molar-refractivity contribution in [3.8, 4) is 11.3 Å². The summed E-state index contributed by atoms with van der Waals surface area (Å²) in [6, 6.07) is 6.24. The minimum absolute atomic E-state index is 0.0718. The Morgan fingerprint density at radius 2 is 2.09 bits per heavy atom. The van der Waals surface area contributed by atoms with E-state index in [-0.39, 0.29) is 11.7 Å². The number of carbonyl (C=O) groups excluding carboxylic acids is 1. The van der Waals surface area contributed by atoms with Gasteiger partial charge in [0.1, 0.15) is 5.82 Å². The van der Waals surface area contributed by atoms with Gasteiger partial charge in [-0.1, -0.05) is 6.42 Å². The Hall–Kier alpha value is -1.75. The van der Waals surface area contributed by atoms with E-state index < -0.39 is 0 Å². The molecule has 0 aliphatic heterocycles. The van der Waals surface area contributed by atoms with Gasteiger partial charge in [-0.05, 0) is 61.3 Å². The van der Waals surface area contributed by atoms with Gasteiger partial charge in [0.05, 0.1) is 5.69 Å². The zero-order valence-corrected chi connectivity index (χ0v) is 13.6. The monoisotopic (exact) mass is 330 g/mol. The third-order valence-electron chi connectivity index (χ3n) is 5.22. The van der Waals surface area contributed by atoms with E-state index in [1.54, 1.807) is 12.1 Å². The summed E-state index contributed by atoms with van der Waals surface area (Å²) in [4.78, 5) is 16.7. The van der Waals surface area contributed by atoms with Crippen LogP contribution in [0.2, 0.25) is 0 Å². The van der Waals surface area contributed by atoms with E-state index in [2.05, 4.69) is 10.3 Å². The Labute approximate surface area is 138 Å². The van der Waals surface area contributed by atoms with Gasteiger partial charge in [-0.15, -0.1) is 11.3 Å². The van der Waals surface area contributed by atoms with Gasteiger partial charge in [0.2, 0.25) is 5.91 Å². The lowest BCUT2D eigenvalue weighted by Gasteiger charge is -2.20. The molecule has 1 amide bonds. The molecular weight excluding hydrogens is 311 g/mol. The number of benzene rings is 1. The Morgan fingerprint density at radius 3 is 2.78 bits per heavy atom. The Morgan fingerprint density at radius 1 is 1.26 bits per heavy atom. The fourth-order valence-corrected chi connectivity index (χ4v) is 4.86. The third-order valence-corrected chi connectivity index (χ3v) is 5.98. The molecule has 2 fully saturated rings. The number of hydrogen-bond acceptors (Lipinski definition) is 3. The van der Waals surface area contributed by atoms with Gasteiger partial charge in [0, 0.05) is 17.4 Å². The predicted molar refractivity (Wildman–Crippen MR) is 89.7 cm³/mol. The standard InChI is InChI=1S/C18H19FN2OS/c19-15-5-3-12(4-6-15)16-10-23-18(20-16)21-17(22)9-14-8-11-1-2-13(14)7-11/h3-6,10-11,13-14H,1-2,7-9H2,(H,20,21,22)/t11-,13+,14+/m0/s1. The summed E-state index contributed by atoms with van der Waals surface area (Å²) in [7, 11) is 0. The highest BCUT2D eigenvalue weighted by Crippen LogP contribution is 2.49. The lowest BCUT2D eigenvalue weighted by Crippen LogP contribution is -2.20. The van der Waals surface area contributed by atoms with E-state index in [4.69, 9.17) is 0 Å². The number of hydrogen-bond donors (Lipinski definition) is 1. The highest BCUT2D eigenvalue weighted by atomic mass is 32.1. The second-order valence-corrected chi connectivity index (χ2v) is 7.59. The molecule has 2 aliphatic carbocycles. The summed E-state index contributed by atoms with van der Waals surface area (Å²) in [6.07, 6.45) is 5.82. The largest absolute Gasteiger partial charge is 0.302 e. The number of aromatic nitrogens is 1. The van der Waals surface area contributed by atoms with Crippen LogP contribution in [0.4, 0.5) is 9.52 Å². The van der Waals surface area contributed by atoms with E-state index in [0.717, 1.165) is 23.1 Å². The van der Waals surface area contributed by atoms with Crippen LogP contribution in [0.25, 0.3) is 11.3 Å². The summed E-state index contributed by atoms with van der Waals surface area (Å²) in [5, 5.41) is 5.44. The van der Waals surface area contributed by atoms with E-state index in [0.29, 0.717) is 17.5 Å². The first kappa shape index (κ1) is 14.8. The van der Waals surface area contributed by atoms with Crippen molar-refractivity contribution < 1.29 is 9.18 Å². The zero-order valence-electron chi connectivity index (χ0n) is 12.8. The minimum atomic E-state index is -0.261. The first-order valence-electron chi connectivity index (χ1n) is 8.18. The number of nitrogens with one attached hydrogen (secondary N) is 1. The first-order chi connectivity index (χ1) is 11.2. The van der Waals surface area contributed by atoms with E-state index >= 15 is 0 Å². The molecule has 2 aromatic rings. The fourth-order valence-electron chi connectivity index (χ4n) is 4.12. The maximum absolute atomic E-state index is 13.0. The Balaban J connectivity index is 1.37. The molecule has 3 nitrogen and oxygen atoms in total. The molecule has 3 atom stereocenters. The summed E-state index contributed by atoms with van der Waals surface area (Å²) in [5.41, 5.74) is 1.63. The second kappa shape index (κ2) is 6.04. The molecule has 5 heteroatoms. The molecular formula is C18H19FN2OS. The lowest BCUT2D eigenvalue weighted by molar-refractivity contribution is -0.117. The number of fused-ring (bicyclic) bond motifs is 2. The molecule has 0 spiro atoms. The molecule has 1 aromatic heterocycles. The maximum atomic E-state index is 13.0. The van der Waals surface area contributed by atoms with Gasteiger partial charge < -0.3 is 5.32 Å². The topological polar surface area (TPSA) is 42.0 Å². The van der Waals surface area contributed by atoms with Crippen LogP contribution in [-0.4, -0.2) is 10.9 Å². The maximum Gasteiger partial charge on any atom is 0.226 e. The number of thiazole rings is 1. The Bertz CT molecular complexity index is 712. The van der Waals surface area contributed by atoms with Crippen LogP contribution < -0.4 is 5.32 Å². The van der Waals surface area contributed by atoms with Crippen LogP contribution in [0.5, 0.6) is 0 Å². The molecule has 1 N–H and O–H groups in total. The van der Waals surface area contributed by atoms with Crippen LogP contribution in [0.15, 0.2) is 29.6 Å². The summed E-state index contributed by atoms with van der Waals surface area (Å²) in [6.45, 7) is 0. The van der Waals surface area contributed by atoms with Crippen molar-refractivity contribution >= 4 is 22.4 Å². The van der Waals surface area contributed by atoms with Crippen molar-refractivity contribution in [2.75, 3.05) is 5.32 Å². The SMILES string of the molecule is O=C(C[C@H]1C[C@H]2CC[C@@H]1C2)Nc1nc(-c2ccc(F)cc2)cs1. The van der Waals surface area contributed by atoms with Crippen molar-refractivity contribution in [1.29, 1.82) is 0 Å². The van der Waals surface area contributed by atoms with Crippen molar-refractivity contribution in [1.82, 2.24) is 4.98 Å². The average Bonchev–Trinajstić information content (AvgIpc) is 3.24. The van der Waals surface area contributed by atoms with Gasteiger partial charge >= 0.3 is 0 Å². The van der Waals surface area contributed by atoms with Crippen LogP contribution in [0, 0.1) is 23.6 Å². The molecule has 2 saturated carbocycles. The van der Waals surface area contributed by atoms with Gasteiger partial charge in [-0.2, -0.15) is 0 Å². The number of anilines is 1. The summed E-state index contributed by atoms with van der Waals surface area (Å²) < 4.78 is 13.0. The van der Waals surface area contributed by atoms with Crippen molar-refractivity contribution in [2.45, 2.75) is 32.1 Å². The van der Waals surface area contributed by atoms with Crippen molar-refractivity contribution in [3.05, 3.63) is 35.5 Å². The number of nitrogens with zero attached hydrogens (tertiary/aromatic N) is 1.